The number of nitrogens with zero attached hydrogens (tertiary/aromatic N) is 1. The molecule has 3 N–H and O–H groups in total. The quantitative estimate of drug-likeness (QED) is 0.511. The molecule has 3 aliphatic rings. The average Bonchev–Trinajstić information content (AvgIpc) is 3.39. The summed E-state index contributed by atoms with van der Waals surface area (Å²) in [6, 6.07) is 5.93. The van der Waals surface area contributed by atoms with Gasteiger partial charge in [0.15, 0.2) is 0 Å². The van der Waals surface area contributed by atoms with E-state index in [0.717, 1.165) is 0 Å². The van der Waals surface area contributed by atoms with Gasteiger partial charge in [0.05, 0.1) is 17.4 Å². The van der Waals surface area contributed by atoms with Crippen LogP contribution >= 0.6 is 11.6 Å². The van der Waals surface area contributed by atoms with Crippen LogP contribution in [0.1, 0.15) is 39.0 Å². The number of rotatable bonds is 8. The highest BCUT2D eigenvalue weighted by molar-refractivity contribution is 6.30. The summed E-state index contributed by atoms with van der Waals surface area (Å²) in [6.07, 6.45) is 2.83. The molecule has 1 spiro atoms. The molecular formula is C23H30ClN3O5. The van der Waals surface area contributed by atoms with E-state index in [0.29, 0.717) is 49.4 Å². The molecule has 174 valence electrons. The highest BCUT2D eigenvalue weighted by Gasteiger charge is 2.78. The third-order valence-corrected chi connectivity index (χ3v) is 7.63. The van der Waals surface area contributed by atoms with Crippen LogP contribution in [0.4, 0.5) is 5.69 Å². The summed E-state index contributed by atoms with van der Waals surface area (Å²) in [5.74, 6) is -2.11. The number of aliphatic hydroxyl groups is 1. The number of ether oxygens (including phenoxy) is 1. The minimum absolute atomic E-state index is 0.00848. The summed E-state index contributed by atoms with van der Waals surface area (Å²) in [5.41, 5.74) is -1.21. The summed E-state index contributed by atoms with van der Waals surface area (Å²) in [4.78, 5) is 41.7. The van der Waals surface area contributed by atoms with Crippen molar-refractivity contribution in [3.8, 4) is 0 Å². The molecule has 0 saturated carbocycles. The van der Waals surface area contributed by atoms with Crippen molar-refractivity contribution >= 4 is 35.0 Å². The Balaban J connectivity index is 1.72. The highest BCUT2D eigenvalue weighted by atomic mass is 35.5. The molecule has 0 radical (unpaired) electrons. The maximum absolute atomic E-state index is 13.7. The maximum Gasteiger partial charge on any atom is 0.250 e. The normalized spacial score (nSPS) is 32.8. The lowest BCUT2D eigenvalue weighted by Gasteiger charge is -2.33. The zero-order valence-corrected chi connectivity index (χ0v) is 19.2. The number of nitrogens with one attached hydrogen (secondary N) is 2. The second-order valence-electron chi connectivity index (χ2n) is 8.91. The van der Waals surface area contributed by atoms with Crippen molar-refractivity contribution in [2.75, 3.05) is 25.5 Å². The molecular weight excluding hydrogens is 434 g/mol. The molecule has 0 aliphatic carbocycles. The Labute approximate surface area is 192 Å². The molecule has 3 heterocycles. The monoisotopic (exact) mass is 463 g/mol. The molecule has 3 aliphatic heterocycles. The van der Waals surface area contributed by atoms with Crippen molar-refractivity contribution < 1.29 is 24.2 Å². The molecule has 0 aromatic heterocycles. The molecule has 2 unspecified atom stereocenters. The summed E-state index contributed by atoms with van der Waals surface area (Å²) in [7, 11) is 1.56. The highest BCUT2D eigenvalue weighted by Crippen LogP contribution is 2.64. The Kier molecular flexibility index (Phi) is 6.22. The van der Waals surface area contributed by atoms with E-state index in [-0.39, 0.29) is 24.3 Å². The van der Waals surface area contributed by atoms with E-state index in [1.54, 1.807) is 36.2 Å². The van der Waals surface area contributed by atoms with Crippen LogP contribution in [-0.2, 0) is 19.1 Å². The van der Waals surface area contributed by atoms with Gasteiger partial charge >= 0.3 is 0 Å². The predicted molar refractivity (Wildman–Crippen MR) is 119 cm³/mol. The third-order valence-electron chi connectivity index (χ3n) is 7.38. The first-order valence-corrected chi connectivity index (χ1v) is 11.6. The van der Waals surface area contributed by atoms with Crippen LogP contribution in [0.15, 0.2) is 24.3 Å². The van der Waals surface area contributed by atoms with E-state index >= 15 is 0 Å². The van der Waals surface area contributed by atoms with Crippen LogP contribution in [0.3, 0.4) is 0 Å². The number of fused-ring (bicyclic) bond motifs is 1. The number of hydrogen-bond acceptors (Lipinski definition) is 5. The van der Waals surface area contributed by atoms with Gasteiger partial charge in [0.2, 0.25) is 17.7 Å². The van der Waals surface area contributed by atoms with Gasteiger partial charge in [0, 0.05) is 30.9 Å². The van der Waals surface area contributed by atoms with Crippen LogP contribution in [0.25, 0.3) is 0 Å². The number of anilines is 1. The standard InChI is InChI=1S/C23H30ClN3O5/c1-3-22-10-11-23(32-22)17(16(22)19(29)25-2)21(31)27(12-4-5-13-28)18(23)20(30)26-15-8-6-14(24)7-9-15/h6-9,16-18,28H,3-5,10-13H2,1-2H3,(H,25,29)(H,26,30)/t16-,17+,18?,22+,23?/m1/s1. The first-order valence-electron chi connectivity index (χ1n) is 11.2. The molecule has 9 heteroatoms. The number of carbonyl (C=O) groups is 3. The van der Waals surface area contributed by atoms with E-state index in [1.807, 2.05) is 6.92 Å². The number of aliphatic hydroxyl groups excluding tert-OH is 1. The minimum Gasteiger partial charge on any atom is -0.396 e. The molecule has 3 saturated heterocycles. The molecule has 1 aromatic rings. The van der Waals surface area contributed by atoms with Crippen molar-refractivity contribution in [1.82, 2.24) is 10.2 Å². The van der Waals surface area contributed by atoms with E-state index in [2.05, 4.69) is 10.6 Å². The second-order valence-corrected chi connectivity index (χ2v) is 9.34. The largest absolute Gasteiger partial charge is 0.396 e. The second kappa shape index (κ2) is 8.65. The Morgan fingerprint density at radius 1 is 1.22 bits per heavy atom. The van der Waals surface area contributed by atoms with Gasteiger partial charge in [0.25, 0.3) is 0 Å². The average molecular weight is 464 g/mol. The van der Waals surface area contributed by atoms with Gasteiger partial charge < -0.3 is 25.4 Å². The van der Waals surface area contributed by atoms with E-state index in [9.17, 15) is 19.5 Å². The summed E-state index contributed by atoms with van der Waals surface area (Å²) in [5, 5.41) is 15.4. The van der Waals surface area contributed by atoms with Crippen LogP contribution in [0.5, 0.6) is 0 Å². The molecule has 8 nitrogen and oxygen atoms in total. The number of hydrogen-bond donors (Lipinski definition) is 3. The minimum atomic E-state index is -1.04. The van der Waals surface area contributed by atoms with Crippen LogP contribution in [0, 0.1) is 11.8 Å². The summed E-state index contributed by atoms with van der Waals surface area (Å²) < 4.78 is 6.60. The number of benzene rings is 1. The molecule has 3 amide bonds. The van der Waals surface area contributed by atoms with Crippen molar-refractivity contribution in [3.63, 3.8) is 0 Å². The Morgan fingerprint density at radius 3 is 2.56 bits per heavy atom. The molecule has 2 bridgehead atoms. The third kappa shape index (κ3) is 3.40. The van der Waals surface area contributed by atoms with Gasteiger partial charge in [-0.05, 0) is 56.4 Å². The van der Waals surface area contributed by atoms with Crippen molar-refractivity contribution in [3.05, 3.63) is 29.3 Å². The summed E-state index contributed by atoms with van der Waals surface area (Å²) >= 11 is 5.96. The lowest BCUT2D eigenvalue weighted by molar-refractivity contribution is -0.145. The number of carbonyl (C=O) groups excluding carboxylic acids is 3. The Bertz CT molecular complexity index is 909. The van der Waals surface area contributed by atoms with E-state index < -0.39 is 29.1 Å². The first-order chi connectivity index (χ1) is 15.3. The van der Waals surface area contributed by atoms with Crippen molar-refractivity contribution in [1.29, 1.82) is 0 Å². The fourth-order valence-electron chi connectivity index (χ4n) is 5.95. The fourth-order valence-corrected chi connectivity index (χ4v) is 6.08. The molecule has 32 heavy (non-hydrogen) atoms. The lowest BCUT2D eigenvalue weighted by Crippen LogP contribution is -2.53. The zero-order chi connectivity index (χ0) is 23.1. The van der Waals surface area contributed by atoms with Crippen LogP contribution in [-0.4, -0.2) is 65.2 Å². The number of likely N-dealkylation sites (tertiary alicyclic amines) is 1. The van der Waals surface area contributed by atoms with E-state index in [1.165, 1.54) is 0 Å². The van der Waals surface area contributed by atoms with Gasteiger partial charge in [-0.3, -0.25) is 14.4 Å². The van der Waals surface area contributed by atoms with Gasteiger partial charge in [-0.1, -0.05) is 18.5 Å². The topological polar surface area (TPSA) is 108 Å². The lowest BCUT2D eigenvalue weighted by atomic mass is 9.65. The summed E-state index contributed by atoms with van der Waals surface area (Å²) in [6.45, 7) is 2.29. The van der Waals surface area contributed by atoms with Gasteiger partial charge in [0.1, 0.15) is 11.6 Å². The first kappa shape index (κ1) is 23.0. The van der Waals surface area contributed by atoms with Crippen LogP contribution < -0.4 is 10.6 Å². The number of unbranched alkanes of at least 4 members (excludes halogenated alkanes) is 1. The Morgan fingerprint density at radius 2 is 1.94 bits per heavy atom. The SMILES string of the molecule is CC[C@@]12CCC3(O1)C(C(=O)Nc1ccc(Cl)cc1)N(CCCCO)C(=O)[C@@H]3[C@@H]2C(=O)NC. The number of amides is 3. The van der Waals surface area contributed by atoms with Gasteiger partial charge in [-0.25, -0.2) is 0 Å². The maximum atomic E-state index is 13.7. The molecule has 5 atom stereocenters. The van der Waals surface area contributed by atoms with Gasteiger partial charge in [-0.15, -0.1) is 0 Å². The predicted octanol–water partition coefficient (Wildman–Crippen LogP) is 1.95. The zero-order valence-electron chi connectivity index (χ0n) is 18.4. The van der Waals surface area contributed by atoms with E-state index in [4.69, 9.17) is 16.3 Å². The molecule has 4 rings (SSSR count). The number of halogens is 1. The molecule has 3 fully saturated rings. The van der Waals surface area contributed by atoms with Crippen LogP contribution in [0.2, 0.25) is 5.02 Å². The Hall–Kier alpha value is -2.16. The van der Waals surface area contributed by atoms with Crippen molar-refractivity contribution in [2.45, 2.75) is 56.3 Å². The van der Waals surface area contributed by atoms with Gasteiger partial charge in [-0.2, -0.15) is 0 Å². The smallest absolute Gasteiger partial charge is 0.250 e. The molecule has 1 aromatic carbocycles. The fraction of sp³-hybridized carbons (Fsp3) is 0.609. The van der Waals surface area contributed by atoms with Crippen molar-refractivity contribution in [2.24, 2.45) is 11.8 Å².